The van der Waals surface area contributed by atoms with Crippen LogP contribution in [0.5, 0.6) is 5.75 Å². The molecule has 1 heterocycles. The average molecular weight is 262 g/mol. The number of nitrogens with two attached hydrogens (primary N) is 1. The van der Waals surface area contributed by atoms with Crippen LogP contribution in [-0.2, 0) is 5.41 Å². The molecule has 96 valence electrons. The van der Waals surface area contributed by atoms with Gasteiger partial charge in [0.15, 0.2) is 5.13 Å². The lowest BCUT2D eigenvalue weighted by atomic mass is 9.87. The quantitative estimate of drug-likeness (QED) is 0.897. The van der Waals surface area contributed by atoms with Crippen LogP contribution in [0.15, 0.2) is 12.1 Å². The molecule has 0 amide bonds. The third-order valence-electron chi connectivity index (χ3n) is 3.16. The lowest BCUT2D eigenvalue weighted by Crippen LogP contribution is -2.11. The molecule has 2 aromatic rings. The van der Waals surface area contributed by atoms with Gasteiger partial charge in [-0.1, -0.05) is 32.1 Å². The van der Waals surface area contributed by atoms with Crippen LogP contribution in [0.4, 0.5) is 5.13 Å². The molecule has 1 saturated carbocycles. The first kappa shape index (κ1) is 11.8. The number of hydrogen-bond acceptors (Lipinski definition) is 4. The van der Waals surface area contributed by atoms with E-state index in [0.29, 0.717) is 11.2 Å². The summed E-state index contributed by atoms with van der Waals surface area (Å²) >= 11 is 1.53. The van der Waals surface area contributed by atoms with Gasteiger partial charge in [0.2, 0.25) is 0 Å². The average Bonchev–Trinajstić information content (AvgIpc) is 2.97. The molecule has 1 aromatic heterocycles. The van der Waals surface area contributed by atoms with E-state index in [0.717, 1.165) is 28.8 Å². The number of thiazole rings is 1. The number of anilines is 1. The van der Waals surface area contributed by atoms with E-state index in [2.05, 4.69) is 37.9 Å². The van der Waals surface area contributed by atoms with Crippen LogP contribution >= 0.6 is 11.3 Å². The molecule has 0 radical (unpaired) electrons. The van der Waals surface area contributed by atoms with E-state index in [4.69, 9.17) is 10.5 Å². The smallest absolute Gasteiger partial charge is 0.181 e. The second kappa shape index (κ2) is 3.85. The highest BCUT2D eigenvalue weighted by Gasteiger charge is 2.26. The van der Waals surface area contributed by atoms with Crippen molar-refractivity contribution in [3.8, 4) is 5.75 Å². The lowest BCUT2D eigenvalue weighted by Gasteiger charge is -2.20. The number of fused-ring (bicyclic) bond motifs is 1. The van der Waals surface area contributed by atoms with Crippen LogP contribution in [0.25, 0.3) is 10.2 Å². The fourth-order valence-corrected chi connectivity index (χ4v) is 2.70. The molecule has 0 aliphatic heterocycles. The first-order valence-electron chi connectivity index (χ1n) is 6.31. The highest BCUT2D eigenvalue weighted by molar-refractivity contribution is 7.22. The fraction of sp³-hybridized carbons (Fsp3) is 0.500. The van der Waals surface area contributed by atoms with Crippen molar-refractivity contribution in [1.82, 2.24) is 4.98 Å². The van der Waals surface area contributed by atoms with Crippen LogP contribution in [0.3, 0.4) is 0 Å². The van der Waals surface area contributed by atoms with Crippen LogP contribution in [0, 0.1) is 0 Å². The minimum absolute atomic E-state index is 0.106. The van der Waals surface area contributed by atoms with Gasteiger partial charge in [0, 0.05) is 0 Å². The number of ether oxygens (including phenoxy) is 1. The van der Waals surface area contributed by atoms with Crippen molar-refractivity contribution in [2.45, 2.75) is 45.1 Å². The minimum atomic E-state index is 0.106. The summed E-state index contributed by atoms with van der Waals surface area (Å²) < 4.78 is 7.10. The van der Waals surface area contributed by atoms with E-state index >= 15 is 0 Å². The molecule has 3 rings (SSSR count). The molecule has 0 atom stereocenters. The molecule has 2 N–H and O–H groups in total. The van der Waals surface area contributed by atoms with Crippen LogP contribution in [-0.4, -0.2) is 11.1 Å². The summed E-state index contributed by atoms with van der Waals surface area (Å²) in [5.41, 5.74) is 8.11. The highest BCUT2D eigenvalue weighted by Crippen LogP contribution is 2.38. The van der Waals surface area contributed by atoms with E-state index < -0.39 is 0 Å². The predicted molar refractivity (Wildman–Crippen MR) is 76.4 cm³/mol. The first-order valence-corrected chi connectivity index (χ1v) is 7.12. The van der Waals surface area contributed by atoms with Gasteiger partial charge in [-0.2, -0.15) is 0 Å². The lowest BCUT2D eigenvalue weighted by molar-refractivity contribution is 0.305. The standard InChI is InChI=1S/C14H18N2OS/c1-14(2,3)8-6-10(17-9-4-5-9)12-11(7-8)18-13(15)16-12/h6-7,9H,4-5H2,1-3H3,(H2,15,16). The number of nitrogens with zero attached hydrogens (tertiary/aromatic N) is 1. The highest BCUT2D eigenvalue weighted by atomic mass is 32.1. The molecule has 1 aliphatic carbocycles. The largest absolute Gasteiger partial charge is 0.488 e. The number of rotatable bonds is 2. The summed E-state index contributed by atoms with van der Waals surface area (Å²) in [5.74, 6) is 0.896. The van der Waals surface area contributed by atoms with Gasteiger partial charge in [-0.25, -0.2) is 4.98 Å². The summed E-state index contributed by atoms with van der Waals surface area (Å²) in [4.78, 5) is 4.39. The van der Waals surface area contributed by atoms with E-state index in [9.17, 15) is 0 Å². The maximum atomic E-state index is 5.98. The number of nitrogen functional groups attached to an aromatic ring is 1. The zero-order valence-corrected chi connectivity index (χ0v) is 11.8. The molecular weight excluding hydrogens is 244 g/mol. The maximum absolute atomic E-state index is 5.98. The van der Waals surface area contributed by atoms with E-state index in [1.165, 1.54) is 16.9 Å². The van der Waals surface area contributed by atoms with E-state index in [1.54, 1.807) is 0 Å². The van der Waals surface area contributed by atoms with Gasteiger partial charge in [0.05, 0.1) is 10.8 Å². The van der Waals surface area contributed by atoms with Crippen molar-refractivity contribution in [2.75, 3.05) is 5.73 Å². The number of benzene rings is 1. The molecule has 3 nitrogen and oxygen atoms in total. The normalized spacial score (nSPS) is 16.2. The second-order valence-electron chi connectivity index (χ2n) is 5.94. The summed E-state index contributed by atoms with van der Waals surface area (Å²) in [6.45, 7) is 6.62. The Balaban J connectivity index is 2.15. The Labute approximate surface area is 111 Å². The predicted octanol–water partition coefficient (Wildman–Crippen LogP) is 3.72. The molecule has 0 saturated heterocycles. The van der Waals surface area contributed by atoms with Crippen molar-refractivity contribution < 1.29 is 4.74 Å². The molecule has 1 aliphatic rings. The van der Waals surface area contributed by atoms with Crippen LogP contribution < -0.4 is 10.5 Å². The Bertz CT molecular complexity index is 594. The van der Waals surface area contributed by atoms with Crippen LogP contribution in [0.2, 0.25) is 0 Å². The zero-order valence-electron chi connectivity index (χ0n) is 11.0. The zero-order chi connectivity index (χ0) is 12.9. The molecule has 18 heavy (non-hydrogen) atoms. The van der Waals surface area contributed by atoms with E-state index in [1.807, 2.05) is 0 Å². The first-order chi connectivity index (χ1) is 8.43. The van der Waals surface area contributed by atoms with Gasteiger partial charge in [-0.15, -0.1) is 0 Å². The molecule has 1 aromatic carbocycles. The van der Waals surface area contributed by atoms with Gasteiger partial charge in [0.25, 0.3) is 0 Å². The van der Waals surface area contributed by atoms with Crippen molar-refractivity contribution in [3.05, 3.63) is 17.7 Å². The third kappa shape index (κ3) is 2.17. The van der Waals surface area contributed by atoms with Gasteiger partial charge in [-0.05, 0) is 36.0 Å². The summed E-state index contributed by atoms with van der Waals surface area (Å²) in [6, 6.07) is 4.31. The molecule has 0 spiro atoms. The van der Waals surface area contributed by atoms with Crippen molar-refractivity contribution in [3.63, 3.8) is 0 Å². The minimum Gasteiger partial charge on any atom is -0.488 e. The Morgan fingerprint density at radius 2 is 2.06 bits per heavy atom. The van der Waals surface area contributed by atoms with Crippen molar-refractivity contribution in [1.29, 1.82) is 0 Å². The topological polar surface area (TPSA) is 48.1 Å². The third-order valence-corrected chi connectivity index (χ3v) is 3.99. The Hall–Kier alpha value is -1.29. The molecule has 0 bridgehead atoms. The Kier molecular flexibility index (Phi) is 2.52. The molecule has 4 heteroatoms. The van der Waals surface area contributed by atoms with Gasteiger partial charge in [-0.3, -0.25) is 0 Å². The molecular formula is C14H18N2OS. The van der Waals surface area contributed by atoms with E-state index in [-0.39, 0.29) is 5.41 Å². The van der Waals surface area contributed by atoms with Gasteiger partial charge in [0.1, 0.15) is 11.3 Å². The summed E-state index contributed by atoms with van der Waals surface area (Å²) in [5, 5.41) is 0.608. The number of hydrogen-bond donors (Lipinski definition) is 1. The summed E-state index contributed by atoms with van der Waals surface area (Å²) in [6.07, 6.45) is 2.69. The SMILES string of the molecule is CC(C)(C)c1cc(OC2CC2)c2nc(N)sc2c1. The molecule has 0 unspecified atom stereocenters. The monoisotopic (exact) mass is 262 g/mol. The second-order valence-corrected chi connectivity index (χ2v) is 7.00. The fourth-order valence-electron chi connectivity index (χ4n) is 1.90. The molecule has 1 fully saturated rings. The Morgan fingerprint density at radius 3 is 2.67 bits per heavy atom. The number of aromatic nitrogens is 1. The van der Waals surface area contributed by atoms with Crippen molar-refractivity contribution >= 4 is 26.7 Å². The summed E-state index contributed by atoms with van der Waals surface area (Å²) in [7, 11) is 0. The van der Waals surface area contributed by atoms with Crippen LogP contribution in [0.1, 0.15) is 39.2 Å². The maximum Gasteiger partial charge on any atom is 0.181 e. The van der Waals surface area contributed by atoms with Gasteiger partial charge < -0.3 is 10.5 Å². The van der Waals surface area contributed by atoms with Crippen molar-refractivity contribution in [2.24, 2.45) is 0 Å². The Morgan fingerprint density at radius 1 is 1.33 bits per heavy atom. The van der Waals surface area contributed by atoms with Gasteiger partial charge >= 0.3 is 0 Å².